The van der Waals surface area contributed by atoms with Crippen molar-refractivity contribution in [3.63, 3.8) is 0 Å². The van der Waals surface area contributed by atoms with E-state index in [0.717, 1.165) is 16.7 Å². The highest BCUT2D eigenvalue weighted by atomic mass is 16.3. The monoisotopic (exact) mass is 205 g/mol. The summed E-state index contributed by atoms with van der Waals surface area (Å²) in [5, 5.41) is 6.34. The van der Waals surface area contributed by atoms with Crippen molar-refractivity contribution in [3.05, 3.63) is 29.7 Å². The zero-order valence-corrected chi connectivity index (χ0v) is 9.16. The Hall–Kier alpha value is -1.39. The highest BCUT2D eigenvalue weighted by molar-refractivity contribution is 5.73. The number of nitrogens with zero attached hydrogens (tertiary/aromatic N) is 1. The molecule has 0 aliphatic heterocycles. The first-order valence-corrected chi connectivity index (χ1v) is 4.96. The molecule has 0 aliphatic rings. The Bertz CT molecular complexity index is 460. The molecule has 0 radical (unpaired) electrons. The van der Waals surface area contributed by atoms with E-state index in [1.54, 1.807) is 0 Å². The van der Waals surface area contributed by atoms with Gasteiger partial charge in [0.25, 0.3) is 0 Å². The number of benzene rings is 1. The third kappa shape index (κ3) is 1.86. The maximum Gasteiger partial charge on any atom is 0.192 e. The van der Waals surface area contributed by atoms with Crippen molar-refractivity contribution in [2.75, 3.05) is 14.1 Å². The molecule has 2 rings (SSSR count). The van der Waals surface area contributed by atoms with Gasteiger partial charge in [0.2, 0.25) is 0 Å². The molecule has 4 heteroatoms. The average Bonchev–Trinajstić information content (AvgIpc) is 2.59. The maximum atomic E-state index is 5.42. The van der Waals surface area contributed by atoms with Gasteiger partial charge in [0, 0.05) is 6.92 Å². The molecule has 4 nitrogen and oxygen atoms in total. The predicted octanol–water partition coefficient (Wildman–Crippen LogP) is 1.57. The van der Waals surface area contributed by atoms with E-state index in [-0.39, 0.29) is 6.17 Å². The lowest BCUT2D eigenvalue weighted by molar-refractivity contribution is 0.520. The normalized spacial score (nSPS) is 11.5. The van der Waals surface area contributed by atoms with Gasteiger partial charge in [0.05, 0.1) is 6.17 Å². The first kappa shape index (κ1) is 10.1. The van der Waals surface area contributed by atoms with Gasteiger partial charge in [0.1, 0.15) is 5.52 Å². The highest BCUT2D eigenvalue weighted by Gasteiger charge is 2.08. The van der Waals surface area contributed by atoms with Crippen molar-refractivity contribution in [3.8, 4) is 0 Å². The van der Waals surface area contributed by atoms with Crippen molar-refractivity contribution < 1.29 is 4.42 Å². The van der Waals surface area contributed by atoms with Gasteiger partial charge in [-0.1, -0.05) is 6.07 Å². The van der Waals surface area contributed by atoms with Gasteiger partial charge in [-0.25, -0.2) is 4.98 Å². The Morgan fingerprint density at radius 1 is 1.27 bits per heavy atom. The van der Waals surface area contributed by atoms with Gasteiger partial charge in [-0.3, -0.25) is 0 Å². The molecule has 80 valence electrons. The smallest absolute Gasteiger partial charge is 0.192 e. The van der Waals surface area contributed by atoms with Gasteiger partial charge in [-0.05, 0) is 31.8 Å². The van der Waals surface area contributed by atoms with E-state index in [4.69, 9.17) is 4.42 Å². The van der Waals surface area contributed by atoms with Crippen LogP contribution in [0.25, 0.3) is 11.1 Å². The largest absolute Gasteiger partial charge is 0.441 e. The number of oxazole rings is 1. The first-order chi connectivity index (χ1) is 7.24. The van der Waals surface area contributed by atoms with Crippen molar-refractivity contribution >= 4 is 11.1 Å². The third-order valence-corrected chi connectivity index (χ3v) is 2.43. The van der Waals surface area contributed by atoms with Crippen molar-refractivity contribution in [2.45, 2.75) is 13.1 Å². The third-order valence-electron chi connectivity index (χ3n) is 2.43. The first-order valence-electron chi connectivity index (χ1n) is 4.96. The SMILES string of the molecule is CNC(NC)c1ccc2oc(C)nc2c1. The molecule has 2 aromatic rings. The molecular formula is C11H15N3O. The van der Waals surface area contributed by atoms with Crippen LogP contribution in [0.5, 0.6) is 0 Å². The predicted molar refractivity (Wildman–Crippen MR) is 59.6 cm³/mol. The summed E-state index contributed by atoms with van der Waals surface area (Å²) in [6.45, 7) is 1.85. The van der Waals surface area contributed by atoms with Crippen LogP contribution in [0.15, 0.2) is 22.6 Å². The highest BCUT2D eigenvalue weighted by Crippen LogP contribution is 2.19. The van der Waals surface area contributed by atoms with Crippen LogP contribution in [0.1, 0.15) is 17.6 Å². The van der Waals surface area contributed by atoms with Crippen LogP contribution >= 0.6 is 0 Å². The lowest BCUT2D eigenvalue weighted by Gasteiger charge is -2.14. The van der Waals surface area contributed by atoms with Gasteiger partial charge in [-0.2, -0.15) is 0 Å². The summed E-state index contributed by atoms with van der Waals surface area (Å²) in [7, 11) is 3.83. The van der Waals surface area contributed by atoms with E-state index in [2.05, 4.69) is 15.6 Å². The Morgan fingerprint density at radius 2 is 2.00 bits per heavy atom. The Balaban J connectivity index is 2.45. The molecule has 2 N–H and O–H groups in total. The van der Waals surface area contributed by atoms with Crippen LogP contribution in [-0.4, -0.2) is 19.1 Å². The molecule has 0 fully saturated rings. The summed E-state index contributed by atoms with van der Waals surface area (Å²) in [5.41, 5.74) is 2.89. The Morgan fingerprint density at radius 3 is 2.67 bits per heavy atom. The molecule has 1 heterocycles. The molecule has 0 unspecified atom stereocenters. The van der Waals surface area contributed by atoms with E-state index < -0.39 is 0 Å². The number of nitrogens with one attached hydrogen (secondary N) is 2. The van der Waals surface area contributed by atoms with Gasteiger partial charge < -0.3 is 15.1 Å². The fourth-order valence-corrected chi connectivity index (χ4v) is 1.72. The summed E-state index contributed by atoms with van der Waals surface area (Å²) >= 11 is 0. The van der Waals surface area contributed by atoms with Crippen LogP contribution < -0.4 is 10.6 Å². The molecule has 0 saturated carbocycles. The lowest BCUT2D eigenvalue weighted by atomic mass is 10.1. The Labute approximate surface area is 88.7 Å². The van der Waals surface area contributed by atoms with Crippen molar-refractivity contribution in [1.29, 1.82) is 0 Å². The molecule has 15 heavy (non-hydrogen) atoms. The van der Waals surface area contributed by atoms with Crippen molar-refractivity contribution in [1.82, 2.24) is 15.6 Å². The van der Waals surface area contributed by atoms with Crippen LogP contribution in [-0.2, 0) is 0 Å². The van der Waals surface area contributed by atoms with E-state index >= 15 is 0 Å². The summed E-state index contributed by atoms with van der Waals surface area (Å²) in [6.07, 6.45) is 0.145. The fourth-order valence-electron chi connectivity index (χ4n) is 1.72. The zero-order valence-electron chi connectivity index (χ0n) is 9.16. The lowest BCUT2D eigenvalue weighted by Crippen LogP contribution is -2.28. The Kier molecular flexibility index (Phi) is 2.70. The molecule has 1 aromatic carbocycles. The van der Waals surface area contributed by atoms with E-state index in [1.807, 2.05) is 39.2 Å². The minimum absolute atomic E-state index is 0.145. The minimum Gasteiger partial charge on any atom is -0.441 e. The number of fused-ring (bicyclic) bond motifs is 1. The quantitative estimate of drug-likeness (QED) is 0.747. The molecule has 0 atom stereocenters. The molecule has 0 aliphatic carbocycles. The van der Waals surface area contributed by atoms with Crippen LogP contribution in [0.2, 0.25) is 0 Å². The molecule has 1 aromatic heterocycles. The summed E-state index contributed by atoms with van der Waals surface area (Å²) in [5.74, 6) is 0.701. The van der Waals surface area contributed by atoms with Crippen LogP contribution in [0.3, 0.4) is 0 Å². The summed E-state index contributed by atoms with van der Waals surface area (Å²) in [6, 6.07) is 6.01. The fraction of sp³-hybridized carbons (Fsp3) is 0.364. The van der Waals surface area contributed by atoms with Gasteiger partial charge in [-0.15, -0.1) is 0 Å². The zero-order chi connectivity index (χ0) is 10.8. The molecular weight excluding hydrogens is 190 g/mol. The molecule has 0 saturated heterocycles. The second-order valence-electron chi connectivity index (χ2n) is 3.47. The minimum atomic E-state index is 0.145. The van der Waals surface area contributed by atoms with E-state index in [9.17, 15) is 0 Å². The molecule has 0 bridgehead atoms. The summed E-state index contributed by atoms with van der Waals surface area (Å²) < 4.78 is 5.42. The van der Waals surface area contributed by atoms with Gasteiger partial charge >= 0.3 is 0 Å². The van der Waals surface area contributed by atoms with Gasteiger partial charge in [0.15, 0.2) is 11.5 Å². The second-order valence-corrected chi connectivity index (χ2v) is 3.47. The topological polar surface area (TPSA) is 50.1 Å². The van der Waals surface area contributed by atoms with Crippen molar-refractivity contribution in [2.24, 2.45) is 0 Å². The standard InChI is InChI=1S/C11H15N3O/c1-7-14-9-6-8(11(12-2)13-3)4-5-10(9)15-7/h4-6,11-13H,1-3H3. The van der Waals surface area contributed by atoms with E-state index in [0.29, 0.717) is 5.89 Å². The number of hydrogen-bond acceptors (Lipinski definition) is 4. The molecule has 0 amide bonds. The number of aryl methyl sites for hydroxylation is 1. The van der Waals surface area contributed by atoms with Crippen LogP contribution in [0, 0.1) is 6.92 Å². The second kappa shape index (κ2) is 4.00. The number of rotatable bonds is 3. The van der Waals surface area contributed by atoms with E-state index in [1.165, 1.54) is 0 Å². The number of aromatic nitrogens is 1. The number of hydrogen-bond donors (Lipinski definition) is 2. The van der Waals surface area contributed by atoms with Crippen LogP contribution in [0.4, 0.5) is 0 Å². The summed E-state index contributed by atoms with van der Waals surface area (Å²) in [4.78, 5) is 4.30. The maximum absolute atomic E-state index is 5.42. The average molecular weight is 205 g/mol. The molecule has 0 spiro atoms.